The van der Waals surface area contributed by atoms with Crippen molar-refractivity contribution in [3.8, 4) is 0 Å². The molecule has 0 amide bonds. The Balaban J connectivity index is 1.89. The van der Waals surface area contributed by atoms with Gasteiger partial charge in [0.25, 0.3) is 11.2 Å². The molecule has 3 rings (SSSR count). The van der Waals surface area contributed by atoms with Gasteiger partial charge in [-0.15, -0.1) is 0 Å². The Morgan fingerprint density at radius 1 is 1.32 bits per heavy atom. The van der Waals surface area contributed by atoms with Crippen molar-refractivity contribution in [2.45, 2.75) is 6.10 Å². The summed E-state index contributed by atoms with van der Waals surface area (Å²) in [6.07, 6.45) is 0.336. The lowest BCUT2D eigenvalue weighted by atomic mass is 10.1. The number of aromatic amines is 1. The van der Waals surface area contributed by atoms with Gasteiger partial charge < -0.3 is 15.4 Å². The lowest BCUT2D eigenvalue weighted by Crippen LogP contribution is -2.14. The first-order valence-corrected chi connectivity index (χ1v) is 7.67. The van der Waals surface area contributed by atoms with E-state index in [1.165, 1.54) is 12.4 Å². The summed E-state index contributed by atoms with van der Waals surface area (Å²) >= 11 is 5.81. The van der Waals surface area contributed by atoms with Gasteiger partial charge in [0.15, 0.2) is 0 Å². The number of aromatic nitrogens is 2. The molecule has 0 aliphatic heterocycles. The number of aliphatic hydroxyl groups excluding tert-OH is 1. The van der Waals surface area contributed by atoms with Gasteiger partial charge in [0.2, 0.25) is 0 Å². The number of nitro benzene ring substituents is 1. The zero-order valence-corrected chi connectivity index (χ0v) is 13.5. The summed E-state index contributed by atoms with van der Waals surface area (Å²) in [4.78, 5) is 28.8. The van der Waals surface area contributed by atoms with E-state index in [0.717, 1.165) is 6.07 Å². The third-order valence-corrected chi connectivity index (χ3v) is 3.95. The first-order chi connectivity index (χ1) is 12.0. The molecule has 0 saturated carbocycles. The maximum absolute atomic E-state index is 11.8. The minimum Gasteiger partial charge on any atom is -0.387 e. The van der Waals surface area contributed by atoms with Gasteiger partial charge in [-0.05, 0) is 23.8 Å². The number of halogens is 1. The number of nitrogens with zero attached hydrogens (tertiary/aromatic N) is 2. The zero-order chi connectivity index (χ0) is 18.0. The molecule has 8 nitrogen and oxygen atoms in total. The van der Waals surface area contributed by atoms with Crippen molar-refractivity contribution in [2.24, 2.45) is 0 Å². The Labute approximate surface area is 146 Å². The summed E-state index contributed by atoms with van der Waals surface area (Å²) in [6, 6.07) is 9.22. The molecule has 1 aromatic heterocycles. The fourth-order valence-electron chi connectivity index (χ4n) is 2.41. The van der Waals surface area contributed by atoms with E-state index in [-0.39, 0.29) is 23.3 Å². The quantitative estimate of drug-likeness (QED) is 0.475. The highest BCUT2D eigenvalue weighted by Crippen LogP contribution is 2.28. The summed E-state index contributed by atoms with van der Waals surface area (Å²) in [5, 5.41) is 25.0. The van der Waals surface area contributed by atoms with Crippen molar-refractivity contribution < 1.29 is 10.0 Å². The van der Waals surface area contributed by atoms with Crippen LogP contribution in [-0.2, 0) is 0 Å². The van der Waals surface area contributed by atoms with E-state index in [1.807, 2.05) is 0 Å². The van der Waals surface area contributed by atoms with Gasteiger partial charge in [0.1, 0.15) is 5.69 Å². The number of H-pyrrole nitrogens is 1. The standard InChI is InChI=1S/C16H13ClN4O4/c17-10-3-1-9(2-4-10)15(22)7-18-13-6-12-11(5-14(13)21(24)25)16(23)20-8-19-12/h1-6,8,15,18,22H,7H2,(H,19,20,23). The number of nitro groups is 1. The van der Waals surface area contributed by atoms with Crippen LogP contribution >= 0.6 is 11.6 Å². The lowest BCUT2D eigenvalue weighted by molar-refractivity contribution is -0.383. The Bertz CT molecular complexity index is 988. The number of nitrogens with one attached hydrogen (secondary N) is 2. The summed E-state index contributed by atoms with van der Waals surface area (Å²) < 4.78 is 0. The molecule has 0 fully saturated rings. The van der Waals surface area contributed by atoms with Crippen LogP contribution in [0.25, 0.3) is 10.9 Å². The van der Waals surface area contributed by atoms with Crippen molar-refractivity contribution in [3.05, 3.63) is 73.8 Å². The van der Waals surface area contributed by atoms with E-state index in [0.29, 0.717) is 16.1 Å². The number of aliphatic hydroxyl groups is 1. The molecule has 0 bridgehead atoms. The smallest absolute Gasteiger partial charge is 0.293 e. The van der Waals surface area contributed by atoms with Crippen LogP contribution < -0.4 is 10.9 Å². The number of anilines is 1. The van der Waals surface area contributed by atoms with Crippen molar-refractivity contribution in [1.82, 2.24) is 9.97 Å². The second-order valence-corrected chi connectivity index (χ2v) is 5.76. The first-order valence-electron chi connectivity index (χ1n) is 7.29. The van der Waals surface area contributed by atoms with Crippen LogP contribution in [0.4, 0.5) is 11.4 Å². The minimum atomic E-state index is -0.889. The van der Waals surface area contributed by atoms with E-state index >= 15 is 0 Å². The van der Waals surface area contributed by atoms with E-state index < -0.39 is 16.6 Å². The van der Waals surface area contributed by atoms with E-state index in [9.17, 15) is 20.0 Å². The second-order valence-electron chi connectivity index (χ2n) is 5.32. The summed E-state index contributed by atoms with van der Waals surface area (Å²) in [6.45, 7) is 0.0389. The molecule has 9 heteroatoms. The van der Waals surface area contributed by atoms with Crippen LogP contribution in [0.2, 0.25) is 5.02 Å². The third kappa shape index (κ3) is 3.59. The largest absolute Gasteiger partial charge is 0.387 e. The van der Waals surface area contributed by atoms with E-state index in [2.05, 4.69) is 15.3 Å². The Morgan fingerprint density at radius 3 is 2.72 bits per heavy atom. The Kier molecular flexibility index (Phi) is 4.64. The van der Waals surface area contributed by atoms with Gasteiger partial charge in [-0.3, -0.25) is 14.9 Å². The SMILES string of the molecule is O=c1[nH]cnc2cc(NCC(O)c3ccc(Cl)cc3)c([N+](=O)[O-])cc12. The van der Waals surface area contributed by atoms with Crippen LogP contribution in [0, 0.1) is 10.1 Å². The molecule has 1 unspecified atom stereocenters. The summed E-state index contributed by atoms with van der Waals surface area (Å²) in [5.41, 5.74) is 0.381. The second kappa shape index (κ2) is 6.88. The normalized spacial score (nSPS) is 12.1. The Hall–Kier alpha value is -2.97. The van der Waals surface area contributed by atoms with Crippen LogP contribution in [0.5, 0.6) is 0 Å². The van der Waals surface area contributed by atoms with E-state index in [1.54, 1.807) is 24.3 Å². The predicted molar refractivity (Wildman–Crippen MR) is 93.9 cm³/mol. The maximum Gasteiger partial charge on any atom is 0.293 e. The molecule has 3 N–H and O–H groups in total. The fraction of sp³-hybridized carbons (Fsp3) is 0.125. The number of fused-ring (bicyclic) bond motifs is 1. The molecular formula is C16H13ClN4O4. The highest BCUT2D eigenvalue weighted by Gasteiger charge is 2.18. The average Bonchev–Trinajstić information content (AvgIpc) is 2.59. The molecule has 0 spiro atoms. The lowest BCUT2D eigenvalue weighted by Gasteiger charge is -2.13. The molecule has 1 atom stereocenters. The first kappa shape index (κ1) is 16.9. The number of rotatable bonds is 5. The number of hydrogen-bond acceptors (Lipinski definition) is 6. The van der Waals surface area contributed by atoms with Crippen molar-refractivity contribution in [3.63, 3.8) is 0 Å². The Morgan fingerprint density at radius 2 is 2.04 bits per heavy atom. The van der Waals surface area contributed by atoms with Gasteiger partial charge in [0, 0.05) is 17.6 Å². The molecule has 0 aliphatic rings. The number of benzene rings is 2. The molecule has 2 aromatic carbocycles. The van der Waals surface area contributed by atoms with Crippen LogP contribution in [-0.4, -0.2) is 26.5 Å². The number of hydrogen-bond donors (Lipinski definition) is 3. The van der Waals surface area contributed by atoms with Gasteiger partial charge in [-0.1, -0.05) is 23.7 Å². The molecule has 0 aliphatic carbocycles. The highest BCUT2D eigenvalue weighted by molar-refractivity contribution is 6.30. The molecular weight excluding hydrogens is 348 g/mol. The molecule has 0 radical (unpaired) electrons. The summed E-state index contributed by atoms with van der Waals surface area (Å²) in [7, 11) is 0. The van der Waals surface area contributed by atoms with E-state index in [4.69, 9.17) is 11.6 Å². The topological polar surface area (TPSA) is 121 Å². The zero-order valence-electron chi connectivity index (χ0n) is 12.8. The summed E-state index contributed by atoms with van der Waals surface area (Å²) in [5.74, 6) is 0. The van der Waals surface area contributed by atoms with Crippen LogP contribution in [0.1, 0.15) is 11.7 Å². The van der Waals surface area contributed by atoms with Crippen LogP contribution in [0.3, 0.4) is 0 Å². The molecule has 3 aromatic rings. The third-order valence-electron chi connectivity index (χ3n) is 3.70. The highest BCUT2D eigenvalue weighted by atomic mass is 35.5. The van der Waals surface area contributed by atoms with Crippen molar-refractivity contribution in [2.75, 3.05) is 11.9 Å². The minimum absolute atomic E-state index is 0.0389. The monoisotopic (exact) mass is 360 g/mol. The average molecular weight is 361 g/mol. The maximum atomic E-state index is 11.8. The molecule has 0 saturated heterocycles. The molecule has 1 heterocycles. The van der Waals surface area contributed by atoms with Crippen LogP contribution in [0.15, 0.2) is 47.5 Å². The van der Waals surface area contributed by atoms with Gasteiger partial charge in [-0.2, -0.15) is 0 Å². The van der Waals surface area contributed by atoms with Crippen molar-refractivity contribution in [1.29, 1.82) is 0 Å². The van der Waals surface area contributed by atoms with Crippen molar-refractivity contribution >= 4 is 33.9 Å². The fourth-order valence-corrected chi connectivity index (χ4v) is 2.53. The predicted octanol–water partition coefficient (Wildman–Crippen LogP) is 2.63. The van der Waals surface area contributed by atoms with Gasteiger partial charge in [-0.25, -0.2) is 4.98 Å². The van der Waals surface area contributed by atoms with Gasteiger partial charge in [0.05, 0.1) is 28.3 Å². The molecule has 128 valence electrons. The van der Waals surface area contributed by atoms with Gasteiger partial charge >= 0.3 is 0 Å². The molecule has 25 heavy (non-hydrogen) atoms.